The number of hydrogen-bond acceptors (Lipinski definition) is 8. The van der Waals surface area contributed by atoms with E-state index in [-0.39, 0.29) is 11.7 Å². The van der Waals surface area contributed by atoms with Gasteiger partial charge in [0.1, 0.15) is 17.3 Å². The third kappa shape index (κ3) is 4.95. The standard InChI is InChI=1S/C20H22N6O3/c1-4-13(2)22-20-24-17(15-7-5-6-10-21-15)12-19(25-20)23-16-9-8-14(29-3)11-18(16)26(27)28/h5-13H,4H2,1-3H3,(H2,22,23,24,25)/t13-/m1/s1. The van der Waals surface area contributed by atoms with Crippen LogP contribution in [-0.4, -0.2) is 33.0 Å². The molecule has 29 heavy (non-hydrogen) atoms. The van der Waals surface area contributed by atoms with E-state index in [1.807, 2.05) is 25.1 Å². The number of nitrogens with one attached hydrogen (secondary N) is 2. The monoisotopic (exact) mass is 394 g/mol. The van der Waals surface area contributed by atoms with Crippen molar-refractivity contribution >= 4 is 23.1 Å². The number of rotatable bonds is 8. The lowest BCUT2D eigenvalue weighted by Gasteiger charge is -2.14. The highest BCUT2D eigenvalue weighted by Gasteiger charge is 2.17. The minimum atomic E-state index is -0.468. The highest BCUT2D eigenvalue weighted by Crippen LogP contribution is 2.32. The molecule has 0 spiro atoms. The molecule has 1 aromatic carbocycles. The Morgan fingerprint density at radius 1 is 1.17 bits per heavy atom. The van der Waals surface area contributed by atoms with Crippen LogP contribution in [0, 0.1) is 10.1 Å². The Hall–Kier alpha value is -3.75. The minimum Gasteiger partial charge on any atom is -0.496 e. The molecule has 0 bridgehead atoms. The Morgan fingerprint density at radius 3 is 2.66 bits per heavy atom. The number of ether oxygens (including phenoxy) is 1. The molecule has 0 radical (unpaired) electrons. The predicted molar refractivity (Wildman–Crippen MR) is 112 cm³/mol. The largest absolute Gasteiger partial charge is 0.496 e. The van der Waals surface area contributed by atoms with Crippen molar-refractivity contribution in [2.24, 2.45) is 0 Å². The van der Waals surface area contributed by atoms with Crippen LogP contribution in [0.1, 0.15) is 20.3 Å². The summed E-state index contributed by atoms with van der Waals surface area (Å²) in [7, 11) is 1.46. The van der Waals surface area contributed by atoms with Gasteiger partial charge in [0.05, 0.1) is 29.5 Å². The highest BCUT2D eigenvalue weighted by molar-refractivity contribution is 5.72. The fraction of sp³-hybridized carbons (Fsp3) is 0.250. The zero-order chi connectivity index (χ0) is 20.8. The molecule has 0 aliphatic carbocycles. The van der Waals surface area contributed by atoms with Crippen molar-refractivity contribution in [2.45, 2.75) is 26.3 Å². The van der Waals surface area contributed by atoms with Gasteiger partial charge >= 0.3 is 0 Å². The van der Waals surface area contributed by atoms with Crippen LogP contribution in [0.5, 0.6) is 5.75 Å². The quantitative estimate of drug-likeness (QED) is 0.426. The fourth-order valence-electron chi connectivity index (χ4n) is 2.58. The zero-order valence-electron chi connectivity index (χ0n) is 16.4. The average Bonchev–Trinajstić information content (AvgIpc) is 2.74. The zero-order valence-corrected chi connectivity index (χ0v) is 16.4. The third-order valence-corrected chi connectivity index (χ3v) is 4.31. The van der Waals surface area contributed by atoms with Crippen molar-refractivity contribution in [3.05, 3.63) is 58.8 Å². The van der Waals surface area contributed by atoms with Gasteiger partial charge in [-0.3, -0.25) is 15.1 Å². The molecule has 0 aliphatic rings. The second-order valence-electron chi connectivity index (χ2n) is 6.40. The number of methoxy groups -OCH3 is 1. The molecule has 2 aromatic heterocycles. The first-order valence-corrected chi connectivity index (χ1v) is 9.16. The van der Waals surface area contributed by atoms with Gasteiger partial charge < -0.3 is 15.4 Å². The summed E-state index contributed by atoms with van der Waals surface area (Å²) in [5.74, 6) is 1.24. The molecular formula is C20H22N6O3. The van der Waals surface area contributed by atoms with Gasteiger partial charge in [0.15, 0.2) is 0 Å². The minimum absolute atomic E-state index is 0.112. The van der Waals surface area contributed by atoms with E-state index in [1.165, 1.54) is 13.2 Å². The fourth-order valence-corrected chi connectivity index (χ4v) is 2.58. The van der Waals surface area contributed by atoms with Gasteiger partial charge in [0.2, 0.25) is 5.95 Å². The molecule has 0 unspecified atom stereocenters. The van der Waals surface area contributed by atoms with Crippen molar-refractivity contribution in [2.75, 3.05) is 17.7 Å². The normalized spacial score (nSPS) is 11.6. The van der Waals surface area contributed by atoms with E-state index in [9.17, 15) is 10.1 Å². The number of nitro groups is 1. The van der Waals surface area contributed by atoms with E-state index in [4.69, 9.17) is 4.74 Å². The summed E-state index contributed by atoms with van der Waals surface area (Å²) in [6, 6.07) is 12.0. The summed E-state index contributed by atoms with van der Waals surface area (Å²) >= 11 is 0. The van der Waals surface area contributed by atoms with Gasteiger partial charge in [-0.15, -0.1) is 0 Å². The van der Waals surface area contributed by atoms with Crippen LogP contribution in [-0.2, 0) is 0 Å². The average molecular weight is 394 g/mol. The molecule has 9 heteroatoms. The number of aromatic nitrogens is 3. The van der Waals surface area contributed by atoms with E-state index in [1.54, 1.807) is 24.4 Å². The first-order valence-electron chi connectivity index (χ1n) is 9.16. The van der Waals surface area contributed by atoms with Gasteiger partial charge in [0.25, 0.3) is 5.69 Å². The molecule has 9 nitrogen and oxygen atoms in total. The number of benzene rings is 1. The number of nitrogens with zero attached hydrogens (tertiary/aromatic N) is 4. The van der Waals surface area contributed by atoms with Crippen LogP contribution in [0.4, 0.5) is 23.1 Å². The smallest absolute Gasteiger partial charge is 0.296 e. The summed E-state index contributed by atoms with van der Waals surface area (Å²) in [6.45, 7) is 4.08. The number of pyridine rings is 1. The van der Waals surface area contributed by atoms with Crippen LogP contribution >= 0.6 is 0 Å². The van der Waals surface area contributed by atoms with Crippen LogP contribution in [0.3, 0.4) is 0 Å². The lowest BCUT2D eigenvalue weighted by Crippen LogP contribution is -2.16. The molecule has 3 rings (SSSR count). The third-order valence-electron chi connectivity index (χ3n) is 4.31. The van der Waals surface area contributed by atoms with Gasteiger partial charge in [-0.05, 0) is 37.6 Å². The van der Waals surface area contributed by atoms with E-state index in [2.05, 4.69) is 32.5 Å². The van der Waals surface area contributed by atoms with Crippen LogP contribution in [0.15, 0.2) is 48.7 Å². The lowest BCUT2D eigenvalue weighted by molar-refractivity contribution is -0.384. The summed E-state index contributed by atoms with van der Waals surface area (Å²) in [4.78, 5) is 24.4. The van der Waals surface area contributed by atoms with Gasteiger partial charge in [0, 0.05) is 18.3 Å². The molecule has 0 saturated carbocycles. The van der Waals surface area contributed by atoms with Crippen molar-refractivity contribution in [3.8, 4) is 17.1 Å². The maximum absolute atomic E-state index is 11.5. The first kappa shape index (κ1) is 20.0. The first-order chi connectivity index (χ1) is 14.0. The SMILES string of the molecule is CC[C@@H](C)Nc1nc(Nc2ccc(OC)cc2[N+](=O)[O-])cc(-c2ccccn2)n1. The molecule has 0 fully saturated rings. The van der Waals surface area contributed by atoms with Crippen LogP contribution in [0.2, 0.25) is 0 Å². The van der Waals surface area contributed by atoms with Crippen molar-refractivity contribution in [3.63, 3.8) is 0 Å². The van der Waals surface area contributed by atoms with Crippen molar-refractivity contribution in [1.82, 2.24) is 15.0 Å². The molecule has 0 amide bonds. The van der Waals surface area contributed by atoms with E-state index in [0.29, 0.717) is 34.6 Å². The summed E-state index contributed by atoms with van der Waals surface area (Å²) < 4.78 is 5.09. The van der Waals surface area contributed by atoms with Crippen LogP contribution < -0.4 is 15.4 Å². The molecule has 0 saturated heterocycles. The van der Waals surface area contributed by atoms with Gasteiger partial charge in [-0.25, -0.2) is 4.98 Å². The number of nitro benzene ring substituents is 1. The Labute approximate surface area is 168 Å². The molecule has 2 N–H and O–H groups in total. The Morgan fingerprint density at radius 2 is 2.00 bits per heavy atom. The molecule has 3 aromatic rings. The maximum Gasteiger partial charge on any atom is 0.296 e. The maximum atomic E-state index is 11.5. The van der Waals surface area contributed by atoms with Crippen LogP contribution in [0.25, 0.3) is 11.4 Å². The second-order valence-corrected chi connectivity index (χ2v) is 6.40. The molecular weight excluding hydrogens is 372 g/mol. The van der Waals surface area contributed by atoms with E-state index < -0.39 is 4.92 Å². The predicted octanol–water partition coefficient (Wildman–Crippen LogP) is 4.41. The molecule has 150 valence electrons. The van der Waals surface area contributed by atoms with Crippen molar-refractivity contribution in [1.29, 1.82) is 0 Å². The lowest BCUT2D eigenvalue weighted by atomic mass is 10.2. The number of hydrogen-bond donors (Lipinski definition) is 2. The molecule has 0 aliphatic heterocycles. The van der Waals surface area contributed by atoms with E-state index in [0.717, 1.165) is 6.42 Å². The summed E-state index contributed by atoms with van der Waals surface area (Å²) in [5, 5.41) is 17.7. The van der Waals surface area contributed by atoms with Gasteiger partial charge in [-0.1, -0.05) is 13.0 Å². The Kier molecular flexibility index (Phi) is 6.18. The Balaban J connectivity index is 2.02. The Bertz CT molecular complexity index is 997. The number of anilines is 3. The van der Waals surface area contributed by atoms with E-state index >= 15 is 0 Å². The van der Waals surface area contributed by atoms with Crippen molar-refractivity contribution < 1.29 is 9.66 Å². The summed E-state index contributed by atoms with van der Waals surface area (Å²) in [6.07, 6.45) is 2.57. The molecule has 2 heterocycles. The van der Waals surface area contributed by atoms with Gasteiger partial charge in [-0.2, -0.15) is 4.98 Å². The topological polar surface area (TPSA) is 115 Å². The molecule has 1 atom stereocenters. The highest BCUT2D eigenvalue weighted by atomic mass is 16.6. The summed E-state index contributed by atoms with van der Waals surface area (Å²) in [5.41, 5.74) is 1.47. The second kappa shape index (κ2) is 8.96.